The Labute approximate surface area is 101 Å². The van der Waals surface area contributed by atoms with Crippen LogP contribution in [0.1, 0.15) is 12.8 Å². The molecule has 0 aliphatic heterocycles. The summed E-state index contributed by atoms with van der Waals surface area (Å²) in [5, 5.41) is 11.1. The molecule has 88 valence electrons. The second-order valence-corrected chi connectivity index (χ2v) is 4.06. The van der Waals surface area contributed by atoms with E-state index in [2.05, 4.69) is 21.1 Å². The maximum Gasteiger partial charge on any atom is 0.139 e. The molecule has 0 atom stereocenters. The molecule has 4 nitrogen and oxygen atoms in total. The molecule has 16 heavy (non-hydrogen) atoms. The third kappa shape index (κ3) is 4.48. The van der Waals surface area contributed by atoms with E-state index < -0.39 is 0 Å². The number of oxime groups is 1. The quantitative estimate of drug-likeness (QED) is 0.288. The van der Waals surface area contributed by atoms with Gasteiger partial charge in [-0.15, -0.1) is 0 Å². The number of rotatable bonds is 5. The first-order valence-electron chi connectivity index (χ1n) is 4.67. The van der Waals surface area contributed by atoms with Gasteiger partial charge >= 0.3 is 0 Å². The molecule has 0 heterocycles. The highest BCUT2D eigenvalue weighted by Crippen LogP contribution is 2.20. The average molecular weight is 291 g/mol. The fourth-order valence-electron chi connectivity index (χ4n) is 1.11. The molecule has 6 heteroatoms. The van der Waals surface area contributed by atoms with Crippen molar-refractivity contribution in [3.8, 4) is 5.75 Å². The lowest BCUT2D eigenvalue weighted by atomic mass is 10.3. The highest BCUT2D eigenvalue weighted by atomic mass is 79.9. The van der Waals surface area contributed by atoms with Gasteiger partial charge in [-0.25, -0.2) is 4.39 Å². The van der Waals surface area contributed by atoms with Crippen molar-refractivity contribution in [1.82, 2.24) is 0 Å². The Morgan fingerprint density at radius 1 is 1.50 bits per heavy atom. The fourth-order valence-corrected chi connectivity index (χ4v) is 1.55. The highest BCUT2D eigenvalue weighted by Gasteiger charge is 2.00. The lowest BCUT2D eigenvalue weighted by Gasteiger charge is -2.06. The maximum atomic E-state index is 12.9. The zero-order valence-electron chi connectivity index (χ0n) is 8.49. The van der Waals surface area contributed by atoms with Crippen LogP contribution in [-0.2, 0) is 0 Å². The zero-order chi connectivity index (χ0) is 12.0. The van der Waals surface area contributed by atoms with Crippen molar-refractivity contribution >= 4 is 21.8 Å². The van der Waals surface area contributed by atoms with E-state index in [1.54, 1.807) is 6.07 Å². The van der Waals surface area contributed by atoms with Gasteiger partial charge in [-0.05, 0) is 18.6 Å². The molecule has 0 fully saturated rings. The predicted octanol–water partition coefficient (Wildman–Crippen LogP) is 2.49. The van der Waals surface area contributed by atoms with Gasteiger partial charge in [0.25, 0.3) is 0 Å². The lowest BCUT2D eigenvalue weighted by Crippen LogP contribution is -2.12. The minimum atomic E-state index is -0.360. The van der Waals surface area contributed by atoms with Gasteiger partial charge in [0, 0.05) is 17.0 Å². The Hall–Kier alpha value is -1.30. The van der Waals surface area contributed by atoms with Crippen molar-refractivity contribution in [3.63, 3.8) is 0 Å². The number of hydrogen-bond donors (Lipinski definition) is 2. The molecule has 0 saturated carbocycles. The van der Waals surface area contributed by atoms with Crippen LogP contribution in [0.2, 0.25) is 0 Å². The largest absolute Gasteiger partial charge is 0.493 e. The molecule has 0 bridgehead atoms. The average Bonchev–Trinajstić information content (AvgIpc) is 2.22. The molecule has 0 aliphatic rings. The van der Waals surface area contributed by atoms with Crippen molar-refractivity contribution in [1.29, 1.82) is 0 Å². The summed E-state index contributed by atoms with van der Waals surface area (Å²) in [4.78, 5) is 0. The van der Waals surface area contributed by atoms with Crippen LogP contribution in [0, 0.1) is 5.82 Å². The molecular weight excluding hydrogens is 279 g/mol. The first kappa shape index (κ1) is 12.8. The smallest absolute Gasteiger partial charge is 0.139 e. The SMILES string of the molecule is N/C(CCCOc1cc(F)cc(Br)c1)=N/O. The van der Waals surface area contributed by atoms with Crippen molar-refractivity contribution in [2.45, 2.75) is 12.8 Å². The normalized spacial score (nSPS) is 11.5. The van der Waals surface area contributed by atoms with Gasteiger partial charge in [-0.3, -0.25) is 0 Å². The number of benzene rings is 1. The van der Waals surface area contributed by atoms with Gasteiger partial charge in [0.05, 0.1) is 6.61 Å². The first-order chi connectivity index (χ1) is 7.61. The summed E-state index contributed by atoms with van der Waals surface area (Å²) in [6.07, 6.45) is 1.04. The molecule has 1 aromatic rings. The third-order valence-corrected chi connectivity index (χ3v) is 2.27. The van der Waals surface area contributed by atoms with E-state index in [1.807, 2.05) is 0 Å². The monoisotopic (exact) mass is 290 g/mol. The number of nitrogens with two attached hydrogens (primary N) is 1. The summed E-state index contributed by atoms with van der Waals surface area (Å²) < 4.78 is 18.9. The Bertz CT molecular complexity index is 365. The maximum absolute atomic E-state index is 12.9. The van der Waals surface area contributed by atoms with E-state index >= 15 is 0 Å². The van der Waals surface area contributed by atoms with E-state index in [0.717, 1.165) is 0 Å². The summed E-state index contributed by atoms with van der Waals surface area (Å²) in [5.41, 5.74) is 5.28. The number of ether oxygens (including phenoxy) is 1. The molecule has 0 spiro atoms. The Morgan fingerprint density at radius 2 is 2.25 bits per heavy atom. The highest BCUT2D eigenvalue weighted by molar-refractivity contribution is 9.10. The Morgan fingerprint density at radius 3 is 2.88 bits per heavy atom. The van der Waals surface area contributed by atoms with Crippen LogP contribution < -0.4 is 10.5 Å². The van der Waals surface area contributed by atoms with Crippen LogP contribution >= 0.6 is 15.9 Å². The van der Waals surface area contributed by atoms with Gasteiger partial charge in [0.2, 0.25) is 0 Å². The standard InChI is InChI=1S/C10H12BrFN2O2/c11-7-4-8(12)6-9(5-7)16-3-1-2-10(13)14-15/h4-6,15H,1-3H2,(H2,13,14). The third-order valence-electron chi connectivity index (χ3n) is 1.81. The zero-order valence-corrected chi connectivity index (χ0v) is 10.1. The van der Waals surface area contributed by atoms with Crippen LogP contribution in [0.15, 0.2) is 27.8 Å². The fraction of sp³-hybridized carbons (Fsp3) is 0.300. The summed E-state index contributed by atoms with van der Waals surface area (Å²) in [6.45, 7) is 0.381. The molecule has 0 aromatic heterocycles. The Kier molecular flexibility index (Phi) is 5.04. The van der Waals surface area contributed by atoms with E-state index in [4.69, 9.17) is 15.7 Å². The molecule has 1 rings (SSSR count). The predicted molar refractivity (Wildman–Crippen MR) is 62.2 cm³/mol. The van der Waals surface area contributed by atoms with Gasteiger partial charge < -0.3 is 15.7 Å². The number of nitrogens with zero attached hydrogens (tertiary/aromatic N) is 1. The molecule has 0 radical (unpaired) electrons. The first-order valence-corrected chi connectivity index (χ1v) is 5.46. The number of amidine groups is 1. The van der Waals surface area contributed by atoms with E-state index in [9.17, 15) is 4.39 Å². The van der Waals surface area contributed by atoms with Crippen LogP contribution in [-0.4, -0.2) is 17.6 Å². The van der Waals surface area contributed by atoms with Crippen molar-refractivity contribution in [2.24, 2.45) is 10.9 Å². The molecule has 3 N–H and O–H groups in total. The topological polar surface area (TPSA) is 67.8 Å². The summed E-state index contributed by atoms with van der Waals surface area (Å²) in [7, 11) is 0. The minimum Gasteiger partial charge on any atom is -0.493 e. The van der Waals surface area contributed by atoms with Crippen LogP contribution in [0.3, 0.4) is 0 Å². The van der Waals surface area contributed by atoms with Crippen LogP contribution in [0.5, 0.6) is 5.75 Å². The number of hydrogen-bond acceptors (Lipinski definition) is 3. The van der Waals surface area contributed by atoms with Gasteiger partial charge in [-0.2, -0.15) is 0 Å². The second kappa shape index (κ2) is 6.32. The summed E-state index contributed by atoms with van der Waals surface area (Å²) >= 11 is 3.16. The van der Waals surface area contributed by atoms with Crippen molar-refractivity contribution in [3.05, 3.63) is 28.5 Å². The van der Waals surface area contributed by atoms with E-state index in [0.29, 0.717) is 29.7 Å². The van der Waals surface area contributed by atoms with Crippen LogP contribution in [0.25, 0.3) is 0 Å². The van der Waals surface area contributed by atoms with E-state index in [1.165, 1.54) is 12.1 Å². The molecule has 0 aliphatic carbocycles. The minimum absolute atomic E-state index is 0.157. The molecule has 0 saturated heterocycles. The summed E-state index contributed by atoms with van der Waals surface area (Å²) in [5.74, 6) is 0.246. The van der Waals surface area contributed by atoms with Crippen LogP contribution in [0.4, 0.5) is 4.39 Å². The van der Waals surface area contributed by atoms with E-state index in [-0.39, 0.29) is 11.7 Å². The second-order valence-electron chi connectivity index (χ2n) is 3.15. The summed E-state index contributed by atoms with van der Waals surface area (Å²) in [6, 6.07) is 4.32. The molecule has 0 unspecified atom stereocenters. The molecular formula is C10H12BrFN2O2. The van der Waals surface area contributed by atoms with Gasteiger partial charge in [-0.1, -0.05) is 21.1 Å². The molecule has 1 aromatic carbocycles. The van der Waals surface area contributed by atoms with Gasteiger partial charge in [0.15, 0.2) is 0 Å². The van der Waals surface area contributed by atoms with Crippen molar-refractivity contribution in [2.75, 3.05) is 6.61 Å². The number of halogens is 2. The van der Waals surface area contributed by atoms with Crippen molar-refractivity contribution < 1.29 is 14.3 Å². The Balaban J connectivity index is 2.37. The lowest BCUT2D eigenvalue weighted by molar-refractivity contribution is 0.304. The molecule has 0 amide bonds. The van der Waals surface area contributed by atoms with Gasteiger partial charge in [0.1, 0.15) is 17.4 Å².